The van der Waals surface area contributed by atoms with Crippen molar-refractivity contribution < 1.29 is 4.79 Å². The van der Waals surface area contributed by atoms with Crippen LogP contribution in [-0.4, -0.2) is 16.6 Å². The number of pyridine rings is 1. The lowest BCUT2D eigenvalue weighted by Gasteiger charge is -2.13. The Labute approximate surface area is 216 Å². The fraction of sp³-hybridized carbons (Fsp3) is 0.0385. The molecule has 1 N–H and O–H groups in total. The van der Waals surface area contributed by atoms with Crippen LogP contribution in [0.3, 0.4) is 0 Å². The molecule has 0 atom stereocenters. The quantitative estimate of drug-likeness (QED) is 0.260. The fourth-order valence-electron chi connectivity index (χ4n) is 3.29. The van der Waals surface area contributed by atoms with E-state index in [1.54, 1.807) is 42.5 Å². The van der Waals surface area contributed by atoms with Crippen molar-refractivity contribution in [3.63, 3.8) is 0 Å². The summed E-state index contributed by atoms with van der Waals surface area (Å²) >= 11 is 19.7. The van der Waals surface area contributed by atoms with E-state index in [2.05, 4.69) is 11.4 Å². The molecule has 34 heavy (non-hydrogen) atoms. The molecule has 0 aliphatic heterocycles. The molecule has 4 nitrogen and oxygen atoms in total. The second kappa shape index (κ2) is 10.9. The van der Waals surface area contributed by atoms with Crippen LogP contribution in [0.2, 0.25) is 15.1 Å². The van der Waals surface area contributed by atoms with E-state index in [9.17, 15) is 10.1 Å². The van der Waals surface area contributed by atoms with Crippen LogP contribution in [0, 0.1) is 11.3 Å². The number of aromatic nitrogens is 1. The Bertz CT molecular complexity index is 1400. The van der Waals surface area contributed by atoms with E-state index < -0.39 is 0 Å². The maximum Gasteiger partial charge on any atom is 0.234 e. The van der Waals surface area contributed by atoms with Gasteiger partial charge in [-0.05, 0) is 42.5 Å². The molecule has 1 heterocycles. The van der Waals surface area contributed by atoms with Crippen molar-refractivity contribution in [3.05, 3.63) is 99.5 Å². The van der Waals surface area contributed by atoms with Crippen LogP contribution < -0.4 is 5.32 Å². The summed E-state index contributed by atoms with van der Waals surface area (Å²) in [6, 6.07) is 25.6. The van der Waals surface area contributed by atoms with E-state index in [4.69, 9.17) is 39.8 Å². The van der Waals surface area contributed by atoms with E-state index in [1.165, 1.54) is 11.8 Å². The highest BCUT2D eigenvalue weighted by Gasteiger charge is 2.18. The van der Waals surface area contributed by atoms with Gasteiger partial charge in [-0.1, -0.05) is 83.0 Å². The highest BCUT2D eigenvalue weighted by molar-refractivity contribution is 8.00. The minimum absolute atomic E-state index is 0.0558. The monoisotopic (exact) mass is 523 g/mol. The smallest absolute Gasteiger partial charge is 0.234 e. The third-order valence-corrected chi connectivity index (χ3v) is 6.64. The maximum absolute atomic E-state index is 12.6. The Kier molecular flexibility index (Phi) is 7.77. The number of halogens is 3. The van der Waals surface area contributed by atoms with Gasteiger partial charge < -0.3 is 5.32 Å². The predicted octanol–water partition coefficient (Wildman–Crippen LogP) is 7.98. The molecule has 4 rings (SSSR count). The highest BCUT2D eigenvalue weighted by atomic mass is 35.5. The van der Waals surface area contributed by atoms with Gasteiger partial charge in [0.1, 0.15) is 11.1 Å². The van der Waals surface area contributed by atoms with Gasteiger partial charge in [-0.3, -0.25) is 4.79 Å². The molecule has 1 amide bonds. The molecule has 8 heteroatoms. The zero-order chi connectivity index (χ0) is 24.1. The maximum atomic E-state index is 12.6. The van der Waals surface area contributed by atoms with Gasteiger partial charge in [-0.15, -0.1) is 0 Å². The lowest BCUT2D eigenvalue weighted by Crippen LogP contribution is -2.14. The van der Waals surface area contributed by atoms with Gasteiger partial charge in [0, 0.05) is 37.4 Å². The molecule has 0 aliphatic carbocycles. The van der Waals surface area contributed by atoms with Gasteiger partial charge in [0.15, 0.2) is 0 Å². The minimum atomic E-state index is -0.242. The summed E-state index contributed by atoms with van der Waals surface area (Å²) in [6.45, 7) is 0. The second-order valence-electron chi connectivity index (χ2n) is 7.18. The molecule has 3 aromatic carbocycles. The first-order valence-electron chi connectivity index (χ1n) is 10.1. The Balaban J connectivity index is 1.71. The van der Waals surface area contributed by atoms with Crippen LogP contribution in [-0.2, 0) is 4.79 Å². The predicted molar refractivity (Wildman–Crippen MR) is 141 cm³/mol. The van der Waals surface area contributed by atoms with Crippen LogP contribution in [0.4, 0.5) is 5.69 Å². The number of thioether (sulfide) groups is 1. The van der Waals surface area contributed by atoms with Crippen molar-refractivity contribution in [2.45, 2.75) is 5.03 Å². The number of hydrogen-bond donors (Lipinski definition) is 1. The van der Waals surface area contributed by atoms with Crippen LogP contribution in [0.1, 0.15) is 5.56 Å². The number of carbonyl (C=O) groups excluding carboxylic acids is 1. The zero-order valence-corrected chi connectivity index (χ0v) is 20.6. The number of hydrogen-bond acceptors (Lipinski definition) is 4. The molecule has 0 aliphatic rings. The molecular formula is C26H16Cl3N3OS. The molecule has 0 unspecified atom stereocenters. The summed E-state index contributed by atoms with van der Waals surface area (Å²) in [6.07, 6.45) is 0. The molecular weight excluding hydrogens is 509 g/mol. The number of rotatable bonds is 6. The summed E-state index contributed by atoms with van der Waals surface area (Å²) < 4.78 is 0. The lowest BCUT2D eigenvalue weighted by molar-refractivity contribution is -0.113. The Morgan fingerprint density at radius 1 is 0.912 bits per heavy atom. The first-order chi connectivity index (χ1) is 16.4. The van der Waals surface area contributed by atoms with Gasteiger partial charge in [0.25, 0.3) is 0 Å². The van der Waals surface area contributed by atoms with Crippen molar-refractivity contribution in [1.29, 1.82) is 5.26 Å². The van der Waals surface area contributed by atoms with Gasteiger partial charge in [0.05, 0.1) is 17.0 Å². The Hall–Kier alpha value is -3.01. The van der Waals surface area contributed by atoms with Crippen LogP contribution in [0.25, 0.3) is 22.4 Å². The Morgan fingerprint density at radius 2 is 1.68 bits per heavy atom. The molecule has 0 bridgehead atoms. The van der Waals surface area contributed by atoms with E-state index in [0.717, 1.165) is 5.56 Å². The van der Waals surface area contributed by atoms with Crippen LogP contribution in [0.15, 0.2) is 83.9 Å². The third-order valence-electron chi connectivity index (χ3n) is 4.85. The molecule has 0 radical (unpaired) electrons. The molecule has 4 aromatic rings. The summed E-state index contributed by atoms with van der Waals surface area (Å²) in [7, 11) is 0. The number of amides is 1. The number of nitriles is 1. The first kappa shape index (κ1) is 24.1. The van der Waals surface area contributed by atoms with Crippen LogP contribution >= 0.6 is 46.6 Å². The Morgan fingerprint density at radius 3 is 2.38 bits per heavy atom. The summed E-state index contributed by atoms with van der Waals surface area (Å²) in [4.78, 5) is 17.3. The minimum Gasteiger partial charge on any atom is -0.325 e. The van der Waals surface area contributed by atoms with Gasteiger partial charge >= 0.3 is 0 Å². The van der Waals surface area contributed by atoms with E-state index in [1.807, 2.05) is 36.4 Å². The van der Waals surface area contributed by atoms with E-state index in [-0.39, 0.29) is 11.7 Å². The number of benzene rings is 3. The van der Waals surface area contributed by atoms with Crippen LogP contribution in [0.5, 0.6) is 0 Å². The topological polar surface area (TPSA) is 65.8 Å². The third kappa shape index (κ3) is 5.72. The first-order valence-corrected chi connectivity index (χ1v) is 12.2. The normalized spacial score (nSPS) is 10.5. The summed E-state index contributed by atoms with van der Waals surface area (Å²) in [5, 5.41) is 14.9. The number of carbonyl (C=O) groups is 1. The second-order valence-corrected chi connectivity index (χ2v) is 9.43. The fourth-order valence-corrected chi connectivity index (χ4v) is 4.65. The molecule has 0 saturated heterocycles. The van der Waals surface area contributed by atoms with Crippen molar-refractivity contribution in [2.75, 3.05) is 11.1 Å². The molecule has 0 fully saturated rings. The number of anilines is 1. The largest absolute Gasteiger partial charge is 0.325 e. The SMILES string of the molecule is N#Cc1c(-c2ccccc2Cl)cc(-c2ccc(Cl)cc2)nc1SCC(=O)Nc1cccc(Cl)c1. The van der Waals surface area contributed by atoms with Gasteiger partial charge in [0.2, 0.25) is 5.91 Å². The molecule has 168 valence electrons. The molecule has 1 aromatic heterocycles. The molecule has 0 saturated carbocycles. The van der Waals surface area contributed by atoms with Crippen molar-refractivity contribution in [2.24, 2.45) is 0 Å². The molecule has 0 spiro atoms. The standard InChI is InChI=1S/C26H16Cl3N3OS/c27-17-10-8-16(9-11-17)24-13-21(20-6-1-2-7-23(20)29)22(14-30)26(32-24)34-15-25(33)31-19-5-3-4-18(28)12-19/h1-13H,15H2,(H,31,33). The summed E-state index contributed by atoms with van der Waals surface area (Å²) in [5.74, 6) is -0.186. The van der Waals surface area contributed by atoms with E-state index >= 15 is 0 Å². The van der Waals surface area contributed by atoms with E-state index in [0.29, 0.717) is 48.2 Å². The summed E-state index contributed by atoms with van der Waals surface area (Å²) in [5.41, 5.74) is 3.77. The average molecular weight is 525 g/mol. The lowest BCUT2D eigenvalue weighted by atomic mass is 9.99. The zero-order valence-electron chi connectivity index (χ0n) is 17.6. The number of nitrogens with one attached hydrogen (secondary N) is 1. The van der Waals surface area contributed by atoms with Crippen molar-refractivity contribution in [1.82, 2.24) is 4.98 Å². The van der Waals surface area contributed by atoms with Crippen molar-refractivity contribution in [3.8, 4) is 28.5 Å². The van der Waals surface area contributed by atoms with Crippen molar-refractivity contribution >= 4 is 58.2 Å². The number of nitrogens with zero attached hydrogens (tertiary/aromatic N) is 2. The highest BCUT2D eigenvalue weighted by Crippen LogP contribution is 2.37. The van der Waals surface area contributed by atoms with Gasteiger partial charge in [-0.2, -0.15) is 5.26 Å². The average Bonchev–Trinajstić information content (AvgIpc) is 2.83. The van der Waals surface area contributed by atoms with Gasteiger partial charge in [-0.25, -0.2) is 4.98 Å².